The Labute approximate surface area is 117 Å². The lowest BCUT2D eigenvalue weighted by Gasteiger charge is -2.21. The molecule has 0 unspecified atom stereocenters. The predicted octanol–water partition coefficient (Wildman–Crippen LogP) is 2.39. The van der Waals surface area contributed by atoms with Crippen molar-refractivity contribution in [2.45, 2.75) is 12.8 Å². The summed E-state index contributed by atoms with van der Waals surface area (Å²) in [7, 11) is 1.78. The van der Waals surface area contributed by atoms with Crippen molar-refractivity contribution in [3.8, 4) is 11.3 Å². The van der Waals surface area contributed by atoms with Gasteiger partial charge in [-0.05, 0) is 25.0 Å². The van der Waals surface area contributed by atoms with Gasteiger partial charge in [0.25, 0.3) is 0 Å². The van der Waals surface area contributed by atoms with Gasteiger partial charge in [0.15, 0.2) is 5.69 Å². The molecule has 20 heavy (non-hydrogen) atoms. The average Bonchev–Trinajstić information content (AvgIpc) is 3.08. The number of aromatic nitrogens is 2. The Morgan fingerprint density at radius 1 is 1.25 bits per heavy atom. The molecule has 1 fully saturated rings. The Kier molecular flexibility index (Phi) is 3.18. The van der Waals surface area contributed by atoms with Gasteiger partial charge in [0, 0.05) is 31.4 Å². The van der Waals surface area contributed by atoms with Gasteiger partial charge in [-0.15, -0.1) is 0 Å². The third kappa shape index (κ3) is 2.15. The van der Waals surface area contributed by atoms with Gasteiger partial charge in [-0.1, -0.05) is 18.2 Å². The standard InChI is InChI=1S/C15H17N3O2/c1-17-14(10-12(16-17)15(19)20)11-6-2-3-7-13(11)18-8-4-5-9-18/h2-3,6-7,10H,4-5,8-9H2,1H3,(H,19,20). The van der Waals surface area contributed by atoms with Crippen molar-refractivity contribution < 1.29 is 9.90 Å². The fourth-order valence-corrected chi connectivity index (χ4v) is 2.75. The van der Waals surface area contributed by atoms with Crippen LogP contribution in [0.4, 0.5) is 5.69 Å². The summed E-state index contributed by atoms with van der Waals surface area (Å²) in [5.41, 5.74) is 3.12. The summed E-state index contributed by atoms with van der Waals surface area (Å²) in [5, 5.41) is 13.1. The van der Waals surface area contributed by atoms with Gasteiger partial charge in [-0.25, -0.2) is 4.79 Å². The number of anilines is 1. The molecule has 0 aliphatic carbocycles. The molecule has 3 rings (SSSR count). The van der Waals surface area contributed by atoms with Crippen molar-refractivity contribution in [1.29, 1.82) is 0 Å². The number of aryl methyl sites for hydroxylation is 1. The van der Waals surface area contributed by atoms with Crippen molar-refractivity contribution >= 4 is 11.7 Å². The molecule has 0 spiro atoms. The molecule has 0 atom stereocenters. The number of nitrogens with zero attached hydrogens (tertiary/aromatic N) is 3. The number of aromatic carboxylic acids is 1. The van der Waals surface area contributed by atoms with Crippen LogP contribution in [0.3, 0.4) is 0 Å². The largest absolute Gasteiger partial charge is 0.476 e. The summed E-state index contributed by atoms with van der Waals surface area (Å²) in [6.45, 7) is 2.11. The molecular formula is C15H17N3O2. The minimum Gasteiger partial charge on any atom is -0.476 e. The van der Waals surface area contributed by atoms with Crippen LogP contribution in [0.25, 0.3) is 11.3 Å². The lowest BCUT2D eigenvalue weighted by atomic mass is 10.1. The van der Waals surface area contributed by atoms with E-state index in [1.54, 1.807) is 17.8 Å². The molecule has 2 heterocycles. The topological polar surface area (TPSA) is 58.4 Å². The maximum absolute atomic E-state index is 11.1. The minimum atomic E-state index is -0.995. The highest BCUT2D eigenvalue weighted by atomic mass is 16.4. The third-order valence-electron chi connectivity index (χ3n) is 3.73. The molecule has 0 saturated carbocycles. The summed E-state index contributed by atoms with van der Waals surface area (Å²) < 4.78 is 1.64. The fraction of sp³-hybridized carbons (Fsp3) is 0.333. The molecule has 2 aromatic rings. The number of benzene rings is 1. The normalized spacial score (nSPS) is 14.8. The van der Waals surface area contributed by atoms with Crippen molar-refractivity contribution in [3.63, 3.8) is 0 Å². The molecule has 1 aliphatic heterocycles. The van der Waals surface area contributed by atoms with E-state index in [1.165, 1.54) is 12.8 Å². The molecule has 1 aromatic carbocycles. The summed E-state index contributed by atoms with van der Waals surface area (Å²) in [6, 6.07) is 9.75. The summed E-state index contributed by atoms with van der Waals surface area (Å²) in [6.07, 6.45) is 2.42. The van der Waals surface area contributed by atoms with Crippen LogP contribution in [0.1, 0.15) is 23.3 Å². The van der Waals surface area contributed by atoms with Crippen molar-refractivity contribution in [1.82, 2.24) is 9.78 Å². The van der Waals surface area contributed by atoms with Crippen LogP contribution >= 0.6 is 0 Å². The second kappa shape index (κ2) is 5.00. The molecule has 1 aliphatic rings. The Morgan fingerprint density at radius 3 is 2.60 bits per heavy atom. The molecule has 1 aromatic heterocycles. The number of hydrogen-bond donors (Lipinski definition) is 1. The second-order valence-electron chi connectivity index (χ2n) is 5.05. The van der Waals surface area contributed by atoms with E-state index in [4.69, 9.17) is 5.11 Å². The second-order valence-corrected chi connectivity index (χ2v) is 5.05. The van der Waals surface area contributed by atoms with Crippen LogP contribution in [0.5, 0.6) is 0 Å². The van der Waals surface area contributed by atoms with E-state index in [1.807, 2.05) is 18.2 Å². The van der Waals surface area contributed by atoms with E-state index in [0.29, 0.717) is 0 Å². The van der Waals surface area contributed by atoms with E-state index < -0.39 is 5.97 Å². The number of carboxylic acids is 1. The first-order valence-electron chi connectivity index (χ1n) is 6.78. The zero-order chi connectivity index (χ0) is 14.1. The maximum atomic E-state index is 11.1. The van der Waals surface area contributed by atoms with Crippen LogP contribution in [-0.2, 0) is 7.05 Å². The number of rotatable bonds is 3. The first-order valence-corrected chi connectivity index (χ1v) is 6.78. The molecule has 0 amide bonds. The SMILES string of the molecule is Cn1nc(C(=O)O)cc1-c1ccccc1N1CCCC1. The number of carbonyl (C=O) groups is 1. The Morgan fingerprint density at radius 2 is 1.95 bits per heavy atom. The van der Waals surface area contributed by atoms with Gasteiger partial charge < -0.3 is 10.0 Å². The van der Waals surface area contributed by atoms with Gasteiger partial charge in [-0.3, -0.25) is 4.68 Å². The van der Waals surface area contributed by atoms with Crippen molar-refractivity contribution in [2.24, 2.45) is 7.05 Å². The zero-order valence-corrected chi connectivity index (χ0v) is 11.4. The van der Waals surface area contributed by atoms with Crippen LogP contribution in [0.15, 0.2) is 30.3 Å². The van der Waals surface area contributed by atoms with Gasteiger partial charge in [0.1, 0.15) is 0 Å². The highest BCUT2D eigenvalue weighted by Crippen LogP contribution is 2.32. The van der Waals surface area contributed by atoms with Gasteiger partial charge >= 0.3 is 5.97 Å². The third-order valence-corrected chi connectivity index (χ3v) is 3.73. The average molecular weight is 271 g/mol. The summed E-state index contributed by atoms with van der Waals surface area (Å²) in [5.74, 6) is -0.995. The minimum absolute atomic E-state index is 0.0822. The predicted molar refractivity (Wildman–Crippen MR) is 77.1 cm³/mol. The lowest BCUT2D eigenvalue weighted by molar-refractivity contribution is 0.0689. The van der Waals surface area contributed by atoms with Crippen molar-refractivity contribution in [2.75, 3.05) is 18.0 Å². The van der Waals surface area contributed by atoms with Crippen LogP contribution in [0.2, 0.25) is 0 Å². The summed E-state index contributed by atoms with van der Waals surface area (Å²) >= 11 is 0. The number of para-hydroxylation sites is 1. The van der Waals surface area contributed by atoms with Crippen LogP contribution in [0, 0.1) is 0 Å². The Balaban J connectivity index is 2.07. The Hall–Kier alpha value is -2.30. The van der Waals surface area contributed by atoms with E-state index in [9.17, 15) is 4.79 Å². The molecule has 1 saturated heterocycles. The smallest absolute Gasteiger partial charge is 0.356 e. The van der Waals surface area contributed by atoms with Crippen LogP contribution < -0.4 is 4.90 Å². The monoisotopic (exact) mass is 271 g/mol. The zero-order valence-electron chi connectivity index (χ0n) is 11.4. The molecule has 5 nitrogen and oxygen atoms in total. The highest BCUT2D eigenvalue weighted by molar-refractivity contribution is 5.88. The quantitative estimate of drug-likeness (QED) is 0.931. The maximum Gasteiger partial charge on any atom is 0.356 e. The summed E-state index contributed by atoms with van der Waals surface area (Å²) in [4.78, 5) is 13.4. The molecule has 5 heteroatoms. The molecule has 0 radical (unpaired) electrons. The number of hydrogen-bond acceptors (Lipinski definition) is 3. The first kappa shape index (κ1) is 12.7. The van der Waals surface area contributed by atoms with E-state index in [2.05, 4.69) is 16.1 Å². The van der Waals surface area contributed by atoms with Gasteiger partial charge in [0.05, 0.1) is 5.69 Å². The van der Waals surface area contributed by atoms with Gasteiger partial charge in [0.2, 0.25) is 0 Å². The Bertz CT molecular complexity index is 642. The first-order chi connectivity index (χ1) is 9.66. The molecule has 104 valence electrons. The van der Waals surface area contributed by atoms with Crippen LogP contribution in [-0.4, -0.2) is 33.9 Å². The van der Waals surface area contributed by atoms with E-state index >= 15 is 0 Å². The number of carboxylic acid groups (broad SMARTS) is 1. The van der Waals surface area contributed by atoms with Gasteiger partial charge in [-0.2, -0.15) is 5.10 Å². The fourth-order valence-electron chi connectivity index (χ4n) is 2.75. The highest BCUT2D eigenvalue weighted by Gasteiger charge is 2.19. The molecular weight excluding hydrogens is 254 g/mol. The molecule has 0 bridgehead atoms. The van der Waals surface area contributed by atoms with E-state index in [-0.39, 0.29) is 5.69 Å². The lowest BCUT2D eigenvalue weighted by Crippen LogP contribution is -2.18. The van der Waals surface area contributed by atoms with Crippen molar-refractivity contribution in [3.05, 3.63) is 36.0 Å². The molecule has 1 N–H and O–H groups in total. The van der Waals surface area contributed by atoms with E-state index in [0.717, 1.165) is 30.0 Å².